The van der Waals surface area contributed by atoms with E-state index in [2.05, 4.69) is 10.2 Å². The lowest BCUT2D eigenvalue weighted by atomic mass is 10.0. The number of hydrogen-bond donors (Lipinski definition) is 1. The number of likely N-dealkylation sites (tertiary alicyclic amines) is 1. The Balaban J connectivity index is 1.50. The quantitative estimate of drug-likeness (QED) is 0.911. The number of halogens is 2. The molecular formula is C15H20Cl2N2. The number of piperidine rings is 1. The van der Waals surface area contributed by atoms with Gasteiger partial charge in [-0.25, -0.2) is 0 Å². The van der Waals surface area contributed by atoms with Crippen molar-refractivity contribution in [1.29, 1.82) is 0 Å². The summed E-state index contributed by atoms with van der Waals surface area (Å²) in [5.74, 6) is 0. The number of nitrogens with zero attached hydrogens (tertiary/aromatic N) is 1. The van der Waals surface area contributed by atoms with Crippen LogP contribution in [0.15, 0.2) is 18.2 Å². The Hall–Kier alpha value is -0.280. The summed E-state index contributed by atoms with van der Waals surface area (Å²) < 4.78 is 0. The van der Waals surface area contributed by atoms with Crippen LogP contribution in [0.1, 0.15) is 31.2 Å². The molecule has 104 valence electrons. The maximum atomic E-state index is 6.19. The van der Waals surface area contributed by atoms with E-state index in [0.29, 0.717) is 6.04 Å². The molecule has 2 nitrogen and oxygen atoms in total. The zero-order valence-electron chi connectivity index (χ0n) is 11.0. The average Bonchev–Trinajstić information content (AvgIpc) is 3.23. The van der Waals surface area contributed by atoms with Gasteiger partial charge >= 0.3 is 0 Å². The van der Waals surface area contributed by atoms with Crippen LogP contribution in [0.2, 0.25) is 10.0 Å². The van der Waals surface area contributed by atoms with Crippen molar-refractivity contribution in [3.63, 3.8) is 0 Å². The van der Waals surface area contributed by atoms with E-state index in [1.54, 1.807) is 0 Å². The van der Waals surface area contributed by atoms with E-state index in [1.807, 2.05) is 18.2 Å². The topological polar surface area (TPSA) is 15.3 Å². The van der Waals surface area contributed by atoms with E-state index in [-0.39, 0.29) is 0 Å². The molecule has 1 aliphatic heterocycles. The fourth-order valence-electron chi connectivity index (χ4n) is 2.86. The maximum Gasteiger partial charge on any atom is 0.0465 e. The normalized spacial score (nSPS) is 21.8. The van der Waals surface area contributed by atoms with Crippen molar-refractivity contribution < 1.29 is 0 Å². The molecule has 3 rings (SSSR count). The van der Waals surface area contributed by atoms with Crippen LogP contribution in [0.5, 0.6) is 0 Å². The highest BCUT2D eigenvalue weighted by molar-refractivity contribution is 6.35. The summed E-state index contributed by atoms with van der Waals surface area (Å²) in [5.41, 5.74) is 1.02. The first-order valence-corrected chi connectivity index (χ1v) is 7.90. The Labute approximate surface area is 125 Å². The summed E-state index contributed by atoms with van der Waals surface area (Å²) in [6.45, 7) is 3.24. The van der Waals surface area contributed by atoms with Gasteiger partial charge in [-0.3, -0.25) is 0 Å². The van der Waals surface area contributed by atoms with Crippen molar-refractivity contribution in [1.82, 2.24) is 10.2 Å². The van der Waals surface area contributed by atoms with Crippen LogP contribution in [0.4, 0.5) is 0 Å². The molecule has 0 aromatic heterocycles. The minimum atomic E-state index is 0.599. The molecule has 1 saturated carbocycles. The number of nitrogens with one attached hydrogen (secondary N) is 1. The lowest BCUT2D eigenvalue weighted by Gasteiger charge is -2.32. The molecule has 1 heterocycles. The summed E-state index contributed by atoms with van der Waals surface area (Å²) in [6.07, 6.45) is 5.29. The van der Waals surface area contributed by atoms with E-state index < -0.39 is 0 Å². The molecule has 1 saturated heterocycles. The first kappa shape index (κ1) is 13.7. The molecule has 19 heavy (non-hydrogen) atoms. The predicted octanol–water partition coefficient (Wildman–Crippen LogP) is 3.71. The standard InChI is InChI=1S/C15H20Cl2N2/c16-14-2-1-3-15(17)13(14)10-18-11-6-8-19(9-7-11)12-4-5-12/h1-3,11-12,18H,4-10H2. The third kappa shape index (κ3) is 3.43. The summed E-state index contributed by atoms with van der Waals surface area (Å²) in [4.78, 5) is 2.64. The maximum absolute atomic E-state index is 6.19. The van der Waals surface area contributed by atoms with Crippen LogP contribution in [-0.4, -0.2) is 30.1 Å². The molecule has 0 unspecified atom stereocenters. The second-order valence-corrected chi connectivity index (χ2v) is 6.44. The second kappa shape index (κ2) is 6.01. The van der Waals surface area contributed by atoms with E-state index >= 15 is 0 Å². The van der Waals surface area contributed by atoms with Crippen molar-refractivity contribution in [2.24, 2.45) is 0 Å². The summed E-state index contributed by atoms with van der Waals surface area (Å²) in [7, 11) is 0. The zero-order valence-corrected chi connectivity index (χ0v) is 12.6. The molecule has 0 spiro atoms. The van der Waals surface area contributed by atoms with Crippen LogP contribution >= 0.6 is 23.2 Å². The lowest BCUT2D eigenvalue weighted by molar-refractivity contribution is 0.189. The van der Waals surface area contributed by atoms with Crippen molar-refractivity contribution in [2.75, 3.05) is 13.1 Å². The Morgan fingerprint density at radius 2 is 1.68 bits per heavy atom. The van der Waals surface area contributed by atoms with Crippen molar-refractivity contribution in [3.8, 4) is 0 Å². The number of benzene rings is 1. The van der Waals surface area contributed by atoms with Gasteiger partial charge in [0.15, 0.2) is 0 Å². The Morgan fingerprint density at radius 1 is 1.05 bits per heavy atom. The number of hydrogen-bond acceptors (Lipinski definition) is 2. The average molecular weight is 299 g/mol. The van der Waals surface area contributed by atoms with Gasteiger partial charge in [0.2, 0.25) is 0 Å². The molecule has 0 atom stereocenters. The van der Waals surface area contributed by atoms with E-state index in [1.165, 1.54) is 38.8 Å². The van der Waals surface area contributed by atoms with Gasteiger partial charge in [-0.05, 0) is 50.9 Å². The lowest BCUT2D eigenvalue weighted by Crippen LogP contribution is -2.43. The van der Waals surface area contributed by atoms with E-state index in [9.17, 15) is 0 Å². The van der Waals surface area contributed by atoms with Crippen LogP contribution in [-0.2, 0) is 6.54 Å². The highest BCUT2D eigenvalue weighted by atomic mass is 35.5. The first-order chi connectivity index (χ1) is 9.24. The molecule has 2 fully saturated rings. The number of rotatable bonds is 4. The molecule has 1 aromatic rings. The third-order valence-electron chi connectivity index (χ3n) is 4.22. The minimum absolute atomic E-state index is 0.599. The van der Waals surface area contributed by atoms with Crippen LogP contribution in [0.25, 0.3) is 0 Å². The van der Waals surface area contributed by atoms with Crippen LogP contribution in [0, 0.1) is 0 Å². The van der Waals surface area contributed by atoms with Crippen LogP contribution < -0.4 is 5.32 Å². The molecule has 0 amide bonds. The van der Waals surface area contributed by atoms with Gasteiger partial charge in [0.05, 0.1) is 0 Å². The molecule has 0 radical (unpaired) electrons. The molecule has 2 aliphatic rings. The van der Waals surface area contributed by atoms with E-state index in [4.69, 9.17) is 23.2 Å². The molecule has 0 bridgehead atoms. The van der Waals surface area contributed by atoms with Gasteiger partial charge < -0.3 is 10.2 Å². The Kier molecular flexibility index (Phi) is 4.33. The molecule has 4 heteroatoms. The molecule has 1 aromatic carbocycles. The highest BCUT2D eigenvalue weighted by Crippen LogP contribution is 2.29. The van der Waals surface area contributed by atoms with Crippen molar-refractivity contribution in [3.05, 3.63) is 33.8 Å². The summed E-state index contributed by atoms with van der Waals surface area (Å²) in [6, 6.07) is 7.20. The fraction of sp³-hybridized carbons (Fsp3) is 0.600. The Morgan fingerprint density at radius 3 is 2.26 bits per heavy atom. The minimum Gasteiger partial charge on any atom is -0.310 e. The van der Waals surface area contributed by atoms with Gasteiger partial charge in [-0.1, -0.05) is 29.3 Å². The first-order valence-electron chi connectivity index (χ1n) is 7.14. The van der Waals surface area contributed by atoms with E-state index in [0.717, 1.165) is 28.2 Å². The van der Waals surface area contributed by atoms with Gasteiger partial charge in [0.25, 0.3) is 0 Å². The summed E-state index contributed by atoms with van der Waals surface area (Å²) >= 11 is 12.4. The van der Waals surface area contributed by atoms with Gasteiger partial charge in [0, 0.05) is 34.2 Å². The molecule has 1 aliphatic carbocycles. The van der Waals surface area contributed by atoms with Gasteiger partial charge in [-0.15, -0.1) is 0 Å². The Bertz CT molecular complexity index is 418. The zero-order chi connectivity index (χ0) is 13.2. The van der Waals surface area contributed by atoms with Crippen molar-refractivity contribution >= 4 is 23.2 Å². The van der Waals surface area contributed by atoms with Crippen LogP contribution in [0.3, 0.4) is 0 Å². The smallest absolute Gasteiger partial charge is 0.0465 e. The van der Waals surface area contributed by atoms with Gasteiger partial charge in [-0.2, -0.15) is 0 Å². The third-order valence-corrected chi connectivity index (χ3v) is 4.93. The largest absolute Gasteiger partial charge is 0.310 e. The molecular weight excluding hydrogens is 279 g/mol. The fourth-order valence-corrected chi connectivity index (χ4v) is 3.39. The summed E-state index contributed by atoms with van der Waals surface area (Å²) in [5, 5.41) is 5.12. The predicted molar refractivity (Wildman–Crippen MR) is 80.9 cm³/mol. The SMILES string of the molecule is Clc1cccc(Cl)c1CNC1CCN(C2CC2)CC1. The monoisotopic (exact) mass is 298 g/mol. The molecule has 1 N–H and O–H groups in total. The van der Waals surface area contributed by atoms with Gasteiger partial charge in [0.1, 0.15) is 0 Å². The van der Waals surface area contributed by atoms with Crippen molar-refractivity contribution in [2.45, 2.75) is 44.3 Å². The second-order valence-electron chi connectivity index (χ2n) is 5.62. The highest BCUT2D eigenvalue weighted by Gasteiger charge is 2.31.